The van der Waals surface area contributed by atoms with Crippen LogP contribution >= 0.6 is 0 Å². The lowest BCUT2D eigenvalue weighted by Gasteiger charge is -2.36. The number of rotatable bonds is 8. The van der Waals surface area contributed by atoms with E-state index in [1.165, 1.54) is 13.0 Å². The number of nitrogens with zero attached hydrogens (tertiary/aromatic N) is 2. The maximum atomic E-state index is 12.2. The van der Waals surface area contributed by atoms with Crippen LogP contribution in [-0.4, -0.2) is 79.9 Å². The third kappa shape index (κ3) is 3.46. The largest absolute Gasteiger partial charge is 0.457 e. The Labute approximate surface area is 151 Å². The lowest BCUT2D eigenvalue weighted by Crippen LogP contribution is -2.51. The average molecular weight is 351 g/mol. The van der Waals surface area contributed by atoms with Gasteiger partial charge in [-0.15, -0.1) is 0 Å². The van der Waals surface area contributed by atoms with Crippen molar-refractivity contribution in [2.75, 3.05) is 46.4 Å². The molecule has 0 radical (unpaired) electrons. The summed E-state index contributed by atoms with van der Waals surface area (Å²) in [6.45, 7) is 6.41. The second kappa shape index (κ2) is 7.14. The summed E-state index contributed by atoms with van der Waals surface area (Å²) >= 11 is 0. The van der Waals surface area contributed by atoms with E-state index in [-0.39, 0.29) is 23.7 Å². The third-order valence-electron chi connectivity index (χ3n) is 6.97. The summed E-state index contributed by atoms with van der Waals surface area (Å²) in [5, 5.41) is 0. The lowest BCUT2D eigenvalue weighted by atomic mass is 10.0. The molecule has 0 aromatic rings. The molecule has 1 saturated carbocycles. The highest BCUT2D eigenvalue weighted by Crippen LogP contribution is 2.62. The van der Waals surface area contributed by atoms with Gasteiger partial charge in [-0.05, 0) is 45.3 Å². The number of ether oxygens (including phenoxy) is 2. The number of esters is 1. The third-order valence-corrected chi connectivity index (χ3v) is 6.97. The first-order valence-corrected chi connectivity index (χ1v) is 10.1. The van der Waals surface area contributed by atoms with Gasteiger partial charge in [0.25, 0.3) is 0 Å². The van der Waals surface area contributed by atoms with Crippen molar-refractivity contribution in [2.45, 2.75) is 56.3 Å². The molecular weight excluding hydrogens is 318 g/mol. The van der Waals surface area contributed by atoms with Crippen LogP contribution in [0.1, 0.15) is 38.5 Å². The van der Waals surface area contributed by atoms with E-state index in [1.54, 1.807) is 7.11 Å². The summed E-state index contributed by atoms with van der Waals surface area (Å²) in [6, 6.07) is 0.170. The Bertz CT molecular complexity index is 496. The molecule has 5 aliphatic rings. The molecule has 4 saturated heterocycles. The maximum absolute atomic E-state index is 12.2. The van der Waals surface area contributed by atoms with E-state index in [9.17, 15) is 4.79 Å². The summed E-state index contributed by atoms with van der Waals surface area (Å²) < 4.78 is 11.4. The van der Waals surface area contributed by atoms with Gasteiger partial charge in [0.1, 0.15) is 5.60 Å². The van der Waals surface area contributed by atoms with Gasteiger partial charge in [-0.3, -0.25) is 9.69 Å². The van der Waals surface area contributed by atoms with Crippen molar-refractivity contribution >= 4 is 5.97 Å². The van der Waals surface area contributed by atoms with Crippen molar-refractivity contribution < 1.29 is 14.3 Å². The standard InChI is InChI=1S/C19H33N3O3/c1-24-17-12-21(10-7-16(17)20)8-4-2-3-5-18(23)25-19-13-22-9-6-14(19)15(19)11-22/h14-17H,2-13,20H2,1H3/t14?,15?,16-,17+,19-/m1/s1. The minimum Gasteiger partial charge on any atom is -0.457 e. The van der Waals surface area contributed by atoms with E-state index in [0.29, 0.717) is 18.3 Å². The predicted molar refractivity (Wildman–Crippen MR) is 95.2 cm³/mol. The van der Waals surface area contributed by atoms with Crippen LogP contribution in [-0.2, 0) is 14.3 Å². The van der Waals surface area contributed by atoms with E-state index in [1.807, 2.05) is 0 Å². The van der Waals surface area contributed by atoms with E-state index in [2.05, 4.69) is 9.80 Å². The number of fused-ring (bicyclic) bond motifs is 1. The van der Waals surface area contributed by atoms with Crippen LogP contribution in [0.4, 0.5) is 0 Å². The molecule has 4 heterocycles. The molecule has 0 aromatic heterocycles. The van der Waals surface area contributed by atoms with Crippen LogP contribution in [0.3, 0.4) is 0 Å². The first-order valence-electron chi connectivity index (χ1n) is 10.1. The lowest BCUT2D eigenvalue weighted by molar-refractivity contribution is -0.153. The van der Waals surface area contributed by atoms with Crippen molar-refractivity contribution in [1.29, 1.82) is 0 Å². The van der Waals surface area contributed by atoms with Gasteiger partial charge in [0, 0.05) is 51.0 Å². The van der Waals surface area contributed by atoms with Gasteiger partial charge in [0.05, 0.1) is 6.10 Å². The first kappa shape index (κ1) is 17.7. The van der Waals surface area contributed by atoms with E-state index in [0.717, 1.165) is 58.4 Å². The molecule has 6 atom stereocenters. The van der Waals surface area contributed by atoms with Crippen molar-refractivity contribution in [3.8, 4) is 0 Å². The van der Waals surface area contributed by atoms with Crippen molar-refractivity contribution in [3.63, 3.8) is 0 Å². The number of likely N-dealkylation sites (tertiary alicyclic amines) is 1. The molecule has 5 fully saturated rings. The van der Waals surface area contributed by atoms with Gasteiger partial charge in [-0.1, -0.05) is 6.42 Å². The SMILES string of the molecule is CO[C@H]1CN(CCCCCC(=O)O[C@]23CN4CCC2C3C4)CC[C@H]1N. The zero-order valence-electron chi connectivity index (χ0n) is 15.5. The van der Waals surface area contributed by atoms with Gasteiger partial charge < -0.3 is 20.1 Å². The molecule has 0 aromatic carbocycles. The molecule has 5 rings (SSSR count). The summed E-state index contributed by atoms with van der Waals surface area (Å²) in [4.78, 5) is 17.1. The molecule has 3 unspecified atom stereocenters. The molecule has 6 nitrogen and oxygen atoms in total. The number of piperidine rings is 4. The van der Waals surface area contributed by atoms with Crippen LogP contribution in [0.25, 0.3) is 0 Å². The van der Waals surface area contributed by atoms with Gasteiger partial charge in [-0.2, -0.15) is 0 Å². The Morgan fingerprint density at radius 3 is 2.72 bits per heavy atom. The van der Waals surface area contributed by atoms with E-state index >= 15 is 0 Å². The Morgan fingerprint density at radius 2 is 2.04 bits per heavy atom. The summed E-state index contributed by atoms with van der Waals surface area (Å²) in [6.07, 6.45) is 6.12. The Morgan fingerprint density at radius 1 is 1.16 bits per heavy atom. The highest BCUT2D eigenvalue weighted by Gasteiger charge is 2.73. The Balaban J connectivity index is 1.09. The predicted octanol–water partition coefficient (Wildman–Crippen LogP) is 0.842. The average Bonchev–Trinajstić information content (AvgIpc) is 3.10. The van der Waals surface area contributed by atoms with Gasteiger partial charge in [-0.25, -0.2) is 0 Å². The van der Waals surface area contributed by atoms with Crippen LogP contribution in [0.15, 0.2) is 0 Å². The highest BCUT2D eigenvalue weighted by atomic mass is 16.6. The fourth-order valence-corrected chi connectivity index (χ4v) is 5.40. The Hall–Kier alpha value is -0.690. The molecule has 4 aliphatic heterocycles. The quantitative estimate of drug-likeness (QED) is 0.516. The van der Waals surface area contributed by atoms with Crippen LogP contribution in [0.5, 0.6) is 0 Å². The van der Waals surface area contributed by atoms with Crippen LogP contribution < -0.4 is 5.73 Å². The zero-order valence-corrected chi connectivity index (χ0v) is 15.5. The molecular formula is C19H33N3O3. The molecule has 0 amide bonds. The smallest absolute Gasteiger partial charge is 0.306 e. The van der Waals surface area contributed by atoms with Crippen LogP contribution in [0, 0.1) is 11.8 Å². The zero-order chi connectivity index (χ0) is 17.4. The minimum absolute atomic E-state index is 0.0274. The molecule has 6 heteroatoms. The summed E-state index contributed by atoms with van der Waals surface area (Å²) in [7, 11) is 1.75. The van der Waals surface area contributed by atoms with Crippen molar-refractivity contribution in [2.24, 2.45) is 17.6 Å². The number of nitrogens with two attached hydrogens (primary N) is 1. The number of hydrogen-bond acceptors (Lipinski definition) is 6. The number of carbonyl (C=O) groups is 1. The fourth-order valence-electron chi connectivity index (χ4n) is 5.40. The fraction of sp³-hybridized carbons (Fsp3) is 0.947. The molecule has 2 N–H and O–H groups in total. The second-order valence-corrected chi connectivity index (χ2v) is 8.50. The molecule has 25 heavy (non-hydrogen) atoms. The molecule has 4 bridgehead atoms. The van der Waals surface area contributed by atoms with Crippen molar-refractivity contribution in [1.82, 2.24) is 9.80 Å². The second-order valence-electron chi connectivity index (χ2n) is 8.50. The maximum Gasteiger partial charge on any atom is 0.306 e. The minimum atomic E-state index is -0.0724. The van der Waals surface area contributed by atoms with Crippen molar-refractivity contribution in [3.05, 3.63) is 0 Å². The number of hydrogen-bond donors (Lipinski definition) is 1. The molecule has 0 spiro atoms. The summed E-state index contributed by atoms with van der Waals surface area (Å²) in [5.74, 6) is 1.34. The molecule has 1 aliphatic carbocycles. The summed E-state index contributed by atoms with van der Waals surface area (Å²) in [5.41, 5.74) is 5.99. The van der Waals surface area contributed by atoms with Gasteiger partial charge in [0.15, 0.2) is 0 Å². The molecule has 142 valence electrons. The number of carbonyl (C=O) groups excluding carboxylic acids is 1. The monoisotopic (exact) mass is 351 g/mol. The van der Waals surface area contributed by atoms with E-state index < -0.39 is 0 Å². The van der Waals surface area contributed by atoms with Gasteiger partial charge >= 0.3 is 5.97 Å². The number of methoxy groups -OCH3 is 1. The topological polar surface area (TPSA) is 68.0 Å². The van der Waals surface area contributed by atoms with E-state index in [4.69, 9.17) is 15.2 Å². The highest BCUT2D eigenvalue weighted by molar-refractivity contribution is 5.70. The van der Waals surface area contributed by atoms with Crippen LogP contribution in [0.2, 0.25) is 0 Å². The first-order chi connectivity index (χ1) is 12.1. The van der Waals surface area contributed by atoms with Gasteiger partial charge in [0.2, 0.25) is 0 Å². The Kier molecular flexibility index (Phi) is 5.06. The number of unbranched alkanes of at least 4 members (excludes halogenated alkanes) is 2. The normalized spacial score (nSPS) is 42.4.